The molecular weight excluding hydrogens is 264 g/mol. The number of fused-ring (bicyclic) bond motifs is 1. The van der Waals surface area contributed by atoms with Gasteiger partial charge in [-0.05, 0) is 37.3 Å². The van der Waals surface area contributed by atoms with Crippen LogP contribution < -0.4 is 11.1 Å². The van der Waals surface area contributed by atoms with E-state index in [1.54, 1.807) is 12.1 Å². The number of amides is 1. The third kappa shape index (κ3) is 2.58. The molecule has 3 rings (SSSR count). The summed E-state index contributed by atoms with van der Waals surface area (Å²) in [7, 11) is 0. The van der Waals surface area contributed by atoms with E-state index in [0.717, 1.165) is 22.7 Å². The van der Waals surface area contributed by atoms with Gasteiger partial charge in [0.2, 0.25) is 5.91 Å². The minimum atomic E-state index is -0.426. The number of hydrogen-bond acceptors (Lipinski definition) is 3. The van der Waals surface area contributed by atoms with Crippen LogP contribution in [0.2, 0.25) is 0 Å². The first-order chi connectivity index (χ1) is 10.1. The first-order valence-corrected chi connectivity index (χ1v) is 6.71. The molecule has 5 heteroatoms. The first kappa shape index (κ1) is 13.2. The highest BCUT2D eigenvalue weighted by molar-refractivity contribution is 5.93. The summed E-state index contributed by atoms with van der Waals surface area (Å²) in [4.78, 5) is 15.7. The summed E-state index contributed by atoms with van der Waals surface area (Å²) in [5, 5.41) is 3.31. The van der Waals surface area contributed by atoms with Crippen molar-refractivity contribution in [1.29, 1.82) is 0 Å². The van der Waals surface area contributed by atoms with E-state index in [9.17, 15) is 4.79 Å². The van der Waals surface area contributed by atoms with Crippen LogP contribution in [-0.2, 0) is 6.54 Å². The van der Waals surface area contributed by atoms with Crippen LogP contribution in [-0.4, -0.2) is 15.3 Å². The first-order valence-electron chi connectivity index (χ1n) is 6.71. The Morgan fingerprint density at radius 3 is 2.95 bits per heavy atom. The monoisotopic (exact) mass is 280 g/mol. The number of pyridine rings is 1. The predicted molar refractivity (Wildman–Crippen MR) is 82.2 cm³/mol. The van der Waals surface area contributed by atoms with Gasteiger partial charge >= 0.3 is 0 Å². The summed E-state index contributed by atoms with van der Waals surface area (Å²) >= 11 is 0. The number of nitrogens with two attached hydrogens (primary N) is 1. The largest absolute Gasteiger partial charge is 0.379 e. The van der Waals surface area contributed by atoms with E-state index in [1.165, 1.54) is 0 Å². The number of nitrogens with zero attached hydrogens (tertiary/aromatic N) is 2. The van der Waals surface area contributed by atoms with Gasteiger partial charge in [0.25, 0.3) is 0 Å². The molecule has 0 saturated carbocycles. The zero-order chi connectivity index (χ0) is 14.8. The lowest BCUT2D eigenvalue weighted by Crippen LogP contribution is -2.11. The predicted octanol–water partition coefficient (Wildman–Crippen LogP) is 2.35. The molecule has 1 aromatic carbocycles. The lowest BCUT2D eigenvalue weighted by molar-refractivity contribution is 0.100. The molecule has 2 aromatic heterocycles. The molecule has 0 saturated heterocycles. The van der Waals surface area contributed by atoms with Gasteiger partial charge in [0.1, 0.15) is 5.65 Å². The number of anilines is 1. The molecule has 3 aromatic rings. The van der Waals surface area contributed by atoms with Gasteiger partial charge in [-0.1, -0.05) is 12.1 Å². The van der Waals surface area contributed by atoms with Crippen molar-refractivity contribution in [2.24, 2.45) is 5.73 Å². The van der Waals surface area contributed by atoms with Crippen molar-refractivity contribution in [1.82, 2.24) is 9.38 Å². The summed E-state index contributed by atoms with van der Waals surface area (Å²) in [5.74, 6) is -0.426. The number of primary amides is 1. The molecule has 5 nitrogen and oxygen atoms in total. The van der Waals surface area contributed by atoms with Crippen LogP contribution in [0.4, 0.5) is 5.69 Å². The second-order valence-corrected chi connectivity index (χ2v) is 4.87. The van der Waals surface area contributed by atoms with Crippen LogP contribution in [0.1, 0.15) is 21.7 Å². The number of aryl methyl sites for hydroxylation is 1. The molecule has 0 spiro atoms. The van der Waals surface area contributed by atoms with E-state index >= 15 is 0 Å². The highest BCUT2D eigenvalue weighted by Gasteiger charge is 2.08. The SMILES string of the molecule is Cc1nc2ccccn2c1CNc1cccc(C(N)=O)c1. The standard InChI is InChI=1S/C16H16N4O/c1-11-14(20-8-3-2-7-15(20)19-11)10-18-13-6-4-5-12(9-13)16(17)21/h2-9,18H,10H2,1H3,(H2,17,21). The van der Waals surface area contributed by atoms with Gasteiger partial charge in [0.05, 0.1) is 17.9 Å². The molecule has 0 radical (unpaired) electrons. The second-order valence-electron chi connectivity index (χ2n) is 4.87. The normalized spacial score (nSPS) is 10.7. The average Bonchev–Trinajstić information content (AvgIpc) is 2.81. The van der Waals surface area contributed by atoms with Crippen molar-refractivity contribution in [3.8, 4) is 0 Å². The number of nitrogens with one attached hydrogen (secondary N) is 1. The topological polar surface area (TPSA) is 72.4 Å². The van der Waals surface area contributed by atoms with E-state index in [0.29, 0.717) is 12.1 Å². The van der Waals surface area contributed by atoms with Gasteiger partial charge in [-0.3, -0.25) is 4.79 Å². The quantitative estimate of drug-likeness (QED) is 0.770. The Labute approximate surface area is 122 Å². The van der Waals surface area contributed by atoms with E-state index in [-0.39, 0.29) is 0 Å². The molecule has 0 aliphatic heterocycles. The van der Waals surface area contributed by atoms with Gasteiger partial charge in [0.15, 0.2) is 0 Å². The summed E-state index contributed by atoms with van der Waals surface area (Å²) in [6, 6.07) is 13.1. The molecule has 0 aliphatic carbocycles. The van der Waals surface area contributed by atoms with Crippen molar-refractivity contribution < 1.29 is 4.79 Å². The van der Waals surface area contributed by atoms with Crippen molar-refractivity contribution in [2.45, 2.75) is 13.5 Å². The maximum Gasteiger partial charge on any atom is 0.248 e. The zero-order valence-electron chi connectivity index (χ0n) is 11.7. The number of carbonyl (C=O) groups excluding carboxylic acids is 1. The fourth-order valence-corrected chi connectivity index (χ4v) is 2.35. The summed E-state index contributed by atoms with van der Waals surface area (Å²) in [6.45, 7) is 2.61. The van der Waals surface area contributed by atoms with Crippen molar-refractivity contribution >= 4 is 17.2 Å². The minimum Gasteiger partial charge on any atom is -0.379 e. The Morgan fingerprint density at radius 1 is 1.29 bits per heavy atom. The van der Waals surface area contributed by atoms with Gasteiger partial charge < -0.3 is 15.5 Å². The summed E-state index contributed by atoms with van der Waals surface area (Å²) in [5.41, 5.74) is 9.65. The van der Waals surface area contributed by atoms with Crippen LogP contribution in [0, 0.1) is 6.92 Å². The maximum absolute atomic E-state index is 11.2. The van der Waals surface area contributed by atoms with E-state index in [4.69, 9.17) is 5.73 Å². The molecule has 21 heavy (non-hydrogen) atoms. The smallest absolute Gasteiger partial charge is 0.248 e. The lowest BCUT2D eigenvalue weighted by atomic mass is 10.2. The van der Waals surface area contributed by atoms with Crippen molar-refractivity contribution in [3.63, 3.8) is 0 Å². The minimum absolute atomic E-state index is 0.426. The molecule has 1 amide bonds. The Balaban J connectivity index is 1.85. The molecule has 0 fully saturated rings. The second kappa shape index (κ2) is 5.28. The van der Waals surface area contributed by atoms with E-state index < -0.39 is 5.91 Å². The Kier molecular flexibility index (Phi) is 3.31. The third-order valence-electron chi connectivity index (χ3n) is 3.44. The molecule has 0 unspecified atom stereocenters. The van der Waals surface area contributed by atoms with Gasteiger partial charge in [-0.2, -0.15) is 0 Å². The summed E-state index contributed by atoms with van der Waals surface area (Å²) in [6.07, 6.45) is 1.99. The van der Waals surface area contributed by atoms with Crippen molar-refractivity contribution in [3.05, 3.63) is 65.6 Å². The van der Waals surface area contributed by atoms with E-state index in [1.807, 2.05) is 43.5 Å². The van der Waals surface area contributed by atoms with Crippen molar-refractivity contribution in [2.75, 3.05) is 5.32 Å². The lowest BCUT2D eigenvalue weighted by Gasteiger charge is -2.08. The average molecular weight is 280 g/mol. The van der Waals surface area contributed by atoms with Crippen LogP contribution in [0.25, 0.3) is 5.65 Å². The maximum atomic E-state index is 11.2. The van der Waals surface area contributed by atoms with Gasteiger partial charge in [0, 0.05) is 17.4 Å². The molecular formula is C16H16N4O. The summed E-state index contributed by atoms with van der Waals surface area (Å²) < 4.78 is 2.06. The van der Waals surface area contributed by atoms with Crippen LogP contribution in [0.15, 0.2) is 48.7 Å². The van der Waals surface area contributed by atoms with E-state index in [2.05, 4.69) is 14.7 Å². The number of aromatic nitrogens is 2. The number of hydrogen-bond donors (Lipinski definition) is 2. The molecule has 106 valence electrons. The Morgan fingerprint density at radius 2 is 2.14 bits per heavy atom. The molecule has 0 atom stereocenters. The number of imidazole rings is 1. The third-order valence-corrected chi connectivity index (χ3v) is 3.44. The Hall–Kier alpha value is -2.82. The van der Waals surface area contributed by atoms with Gasteiger partial charge in [-0.15, -0.1) is 0 Å². The molecule has 0 bridgehead atoms. The number of carbonyl (C=O) groups is 1. The molecule has 0 aliphatic rings. The number of rotatable bonds is 4. The highest BCUT2D eigenvalue weighted by atomic mass is 16.1. The highest BCUT2D eigenvalue weighted by Crippen LogP contribution is 2.15. The molecule has 3 N–H and O–H groups in total. The number of benzene rings is 1. The zero-order valence-corrected chi connectivity index (χ0v) is 11.7. The van der Waals surface area contributed by atoms with Crippen LogP contribution >= 0.6 is 0 Å². The fraction of sp³-hybridized carbons (Fsp3) is 0.125. The molecule has 2 heterocycles. The van der Waals surface area contributed by atoms with Crippen LogP contribution in [0.5, 0.6) is 0 Å². The van der Waals surface area contributed by atoms with Crippen LogP contribution in [0.3, 0.4) is 0 Å². The Bertz CT molecular complexity index is 807. The fourth-order valence-electron chi connectivity index (χ4n) is 2.35. The van der Waals surface area contributed by atoms with Gasteiger partial charge in [-0.25, -0.2) is 4.98 Å².